The highest BCUT2D eigenvalue weighted by Gasteiger charge is 2.40. The zero-order valence-electron chi connectivity index (χ0n) is 30.6. The SMILES string of the molecule is Cc1c(-c2nc3c(o2)CN(C(=O)CN2CCN(C)CC2)C3)cccc1-c1cccc(-c2nc3cc(CN4CC[C@@](C)(C(=O)O)C4)cc(C#N)c3o2)c1C. The molecule has 5 aromatic rings. The average Bonchev–Trinajstić information content (AvgIpc) is 3.93. The first-order chi connectivity index (χ1) is 25.5. The Morgan fingerprint density at radius 2 is 1.55 bits per heavy atom. The largest absolute Gasteiger partial charge is 0.481 e. The fourth-order valence-corrected chi connectivity index (χ4v) is 7.95. The Balaban J connectivity index is 1.02. The summed E-state index contributed by atoms with van der Waals surface area (Å²) in [5.41, 5.74) is 8.11. The van der Waals surface area contributed by atoms with Crippen LogP contribution in [0.1, 0.15) is 47.1 Å². The molecule has 2 saturated heterocycles. The molecule has 2 aromatic heterocycles. The summed E-state index contributed by atoms with van der Waals surface area (Å²) in [4.78, 5) is 43.0. The molecule has 0 radical (unpaired) electrons. The normalized spacial score (nSPS) is 19.6. The minimum atomic E-state index is -0.785. The van der Waals surface area contributed by atoms with Crippen molar-refractivity contribution >= 4 is 23.0 Å². The van der Waals surface area contributed by atoms with Crippen LogP contribution in [-0.4, -0.2) is 99.4 Å². The quantitative estimate of drug-likeness (QED) is 0.212. The number of carbonyl (C=O) groups is 2. The van der Waals surface area contributed by atoms with E-state index in [1.54, 1.807) is 6.92 Å². The number of rotatable bonds is 8. The Labute approximate surface area is 308 Å². The summed E-state index contributed by atoms with van der Waals surface area (Å²) < 4.78 is 12.6. The smallest absolute Gasteiger partial charge is 0.310 e. The van der Waals surface area contributed by atoms with Crippen molar-refractivity contribution in [2.45, 2.75) is 46.8 Å². The molecule has 3 aliphatic heterocycles. The van der Waals surface area contributed by atoms with Crippen LogP contribution in [0.5, 0.6) is 0 Å². The molecular weight excluding hydrogens is 670 g/mol. The van der Waals surface area contributed by atoms with E-state index in [0.717, 1.165) is 76.6 Å². The van der Waals surface area contributed by atoms with Gasteiger partial charge in [-0.25, -0.2) is 9.97 Å². The molecule has 2 fully saturated rings. The van der Waals surface area contributed by atoms with Crippen LogP contribution in [0, 0.1) is 30.6 Å². The van der Waals surface area contributed by atoms with Gasteiger partial charge in [0, 0.05) is 50.4 Å². The number of nitrogens with zero attached hydrogens (tertiary/aromatic N) is 7. The molecule has 0 bridgehead atoms. The van der Waals surface area contributed by atoms with Gasteiger partial charge in [0.25, 0.3) is 0 Å². The number of aliphatic carboxylic acids is 1. The van der Waals surface area contributed by atoms with E-state index in [-0.39, 0.29) is 5.91 Å². The monoisotopic (exact) mass is 713 g/mol. The van der Waals surface area contributed by atoms with E-state index in [2.05, 4.69) is 46.9 Å². The molecule has 1 atom stereocenters. The number of likely N-dealkylation sites (N-methyl/N-ethyl adjacent to an activating group) is 1. The standard InChI is InChI=1S/C41H43N7O5/c1-25-29(7-5-9-31(25)38-44-34-21-48(22-35(34)52-38)36(49)23-46-15-13-45(4)14-16-46)30-8-6-10-32(26(30)2)39-43-33-18-27(17-28(19-42)37(33)53-39)20-47-12-11-41(3,24-47)40(50)51/h5-10,17-18H,11-16,20-24H2,1-4H3,(H,50,51)/t41-/m1/s1. The van der Waals surface area contributed by atoms with Gasteiger partial charge in [-0.3, -0.25) is 19.4 Å². The zero-order valence-corrected chi connectivity index (χ0v) is 30.6. The Morgan fingerprint density at radius 3 is 2.17 bits per heavy atom. The van der Waals surface area contributed by atoms with Crippen molar-refractivity contribution in [2.75, 3.05) is 52.9 Å². The molecule has 8 rings (SSSR count). The van der Waals surface area contributed by atoms with Crippen molar-refractivity contribution in [1.29, 1.82) is 5.26 Å². The van der Waals surface area contributed by atoms with Gasteiger partial charge in [-0.2, -0.15) is 5.26 Å². The average molecular weight is 714 g/mol. The van der Waals surface area contributed by atoms with Gasteiger partial charge in [-0.05, 0) is 92.9 Å². The molecule has 272 valence electrons. The van der Waals surface area contributed by atoms with E-state index in [4.69, 9.17) is 18.8 Å². The number of benzene rings is 3. The van der Waals surface area contributed by atoms with Crippen molar-refractivity contribution in [2.24, 2.45) is 5.41 Å². The Bertz CT molecular complexity index is 2270. The summed E-state index contributed by atoms with van der Waals surface area (Å²) in [7, 11) is 2.11. The second-order valence-corrected chi connectivity index (χ2v) is 15.1. The van der Waals surface area contributed by atoms with Gasteiger partial charge in [-0.1, -0.05) is 24.3 Å². The van der Waals surface area contributed by atoms with E-state index in [1.807, 2.05) is 48.2 Å². The van der Waals surface area contributed by atoms with Crippen molar-refractivity contribution in [1.82, 2.24) is 29.6 Å². The second kappa shape index (κ2) is 13.6. The maximum Gasteiger partial charge on any atom is 0.310 e. The van der Waals surface area contributed by atoms with Crippen LogP contribution in [0.25, 0.3) is 45.1 Å². The number of likely N-dealkylation sites (tertiary alicyclic amines) is 1. The molecule has 1 amide bonds. The van der Waals surface area contributed by atoms with Crippen LogP contribution in [0.4, 0.5) is 0 Å². The van der Waals surface area contributed by atoms with Crippen molar-refractivity contribution < 1.29 is 23.5 Å². The number of aromatic nitrogens is 2. The number of carboxylic acids is 1. The number of hydrogen-bond donors (Lipinski definition) is 1. The number of amides is 1. The van der Waals surface area contributed by atoms with Crippen LogP contribution in [0.3, 0.4) is 0 Å². The van der Waals surface area contributed by atoms with E-state index < -0.39 is 11.4 Å². The predicted molar refractivity (Wildman–Crippen MR) is 198 cm³/mol. The number of hydrogen-bond acceptors (Lipinski definition) is 10. The Hall–Kier alpha value is -5.35. The second-order valence-electron chi connectivity index (χ2n) is 15.1. The molecule has 5 heterocycles. The summed E-state index contributed by atoms with van der Waals surface area (Å²) >= 11 is 0. The predicted octanol–water partition coefficient (Wildman–Crippen LogP) is 5.69. The highest BCUT2D eigenvalue weighted by Crippen LogP contribution is 2.39. The summed E-state index contributed by atoms with van der Waals surface area (Å²) in [6.07, 6.45) is 0.584. The number of carboxylic acid groups (broad SMARTS) is 1. The number of oxazole rings is 2. The third kappa shape index (κ3) is 6.50. The molecule has 0 aliphatic carbocycles. The summed E-state index contributed by atoms with van der Waals surface area (Å²) in [5.74, 6) is 1.04. The maximum atomic E-state index is 13.1. The summed E-state index contributed by atoms with van der Waals surface area (Å²) in [5, 5.41) is 19.7. The molecule has 0 unspecified atom stereocenters. The van der Waals surface area contributed by atoms with Gasteiger partial charge in [0.1, 0.15) is 23.0 Å². The molecule has 3 aromatic carbocycles. The third-order valence-electron chi connectivity index (χ3n) is 11.3. The highest BCUT2D eigenvalue weighted by molar-refractivity contribution is 5.85. The van der Waals surface area contributed by atoms with Crippen molar-refractivity contribution in [3.8, 4) is 40.1 Å². The van der Waals surface area contributed by atoms with Gasteiger partial charge < -0.3 is 23.7 Å². The van der Waals surface area contributed by atoms with Gasteiger partial charge in [-0.15, -0.1) is 0 Å². The zero-order chi connectivity index (χ0) is 37.0. The lowest BCUT2D eigenvalue weighted by molar-refractivity contribution is -0.147. The van der Waals surface area contributed by atoms with E-state index in [1.165, 1.54) is 0 Å². The van der Waals surface area contributed by atoms with Crippen LogP contribution >= 0.6 is 0 Å². The number of fused-ring (bicyclic) bond motifs is 2. The fourth-order valence-electron chi connectivity index (χ4n) is 7.95. The number of carbonyl (C=O) groups excluding carboxylic acids is 1. The van der Waals surface area contributed by atoms with Gasteiger partial charge >= 0.3 is 5.97 Å². The molecule has 3 aliphatic rings. The van der Waals surface area contributed by atoms with Gasteiger partial charge in [0.05, 0.1) is 30.6 Å². The van der Waals surface area contributed by atoms with Gasteiger partial charge in [0.15, 0.2) is 5.58 Å². The lowest BCUT2D eigenvalue weighted by Gasteiger charge is -2.32. The van der Waals surface area contributed by atoms with E-state index in [9.17, 15) is 20.0 Å². The Kier molecular flexibility index (Phi) is 8.89. The first-order valence-corrected chi connectivity index (χ1v) is 18.2. The first-order valence-electron chi connectivity index (χ1n) is 18.2. The molecule has 0 spiro atoms. The minimum Gasteiger partial charge on any atom is -0.481 e. The molecule has 12 nitrogen and oxygen atoms in total. The topological polar surface area (TPSA) is 143 Å². The number of nitriles is 1. The first kappa shape index (κ1) is 34.7. The Morgan fingerprint density at radius 1 is 0.887 bits per heavy atom. The summed E-state index contributed by atoms with van der Waals surface area (Å²) in [6.45, 7) is 12.6. The third-order valence-corrected chi connectivity index (χ3v) is 11.3. The number of piperazine rings is 1. The molecule has 12 heteroatoms. The van der Waals surface area contributed by atoms with Gasteiger partial charge in [0.2, 0.25) is 17.7 Å². The lowest BCUT2D eigenvalue weighted by atomic mass is 9.90. The highest BCUT2D eigenvalue weighted by atomic mass is 16.4. The summed E-state index contributed by atoms with van der Waals surface area (Å²) in [6, 6.07) is 18.2. The van der Waals surface area contributed by atoms with E-state index in [0.29, 0.717) is 74.1 Å². The van der Waals surface area contributed by atoms with E-state index >= 15 is 0 Å². The van der Waals surface area contributed by atoms with Crippen molar-refractivity contribution in [3.05, 3.63) is 82.2 Å². The molecule has 53 heavy (non-hydrogen) atoms. The maximum absolute atomic E-state index is 13.1. The molecule has 1 N–H and O–H groups in total. The van der Waals surface area contributed by atoms with Crippen LogP contribution in [0.15, 0.2) is 57.4 Å². The fraction of sp³-hybridized carbons (Fsp3) is 0.390. The molecule has 0 saturated carbocycles. The molecular formula is C41H43N7O5. The van der Waals surface area contributed by atoms with Crippen LogP contribution in [-0.2, 0) is 29.2 Å². The van der Waals surface area contributed by atoms with Crippen LogP contribution < -0.4 is 0 Å². The van der Waals surface area contributed by atoms with Crippen LogP contribution in [0.2, 0.25) is 0 Å². The lowest BCUT2D eigenvalue weighted by Crippen LogP contribution is -2.48. The minimum absolute atomic E-state index is 0.105. The van der Waals surface area contributed by atoms with Crippen molar-refractivity contribution in [3.63, 3.8) is 0 Å².